The number of fused-ring (bicyclic) bond motifs is 8. The van der Waals surface area contributed by atoms with E-state index < -0.39 is 0 Å². The zero-order chi connectivity index (χ0) is 15.9. The zero-order valence-corrected chi connectivity index (χ0v) is 13.7. The summed E-state index contributed by atoms with van der Waals surface area (Å²) in [5, 5.41) is 3.53. The molecule has 2 aromatic rings. The van der Waals surface area contributed by atoms with Gasteiger partial charge in [-0.3, -0.25) is 9.59 Å². The molecule has 23 heavy (non-hydrogen) atoms. The standard InChI is InChI=1S/C18H16N2O2S/c1-8-11-12(9(2)23-8)16-14-13(15(11)19-16)17(21)20(18(14)22)10-6-4-3-5-7-10/h3-7,13-16,19H,1-2H3/t13-,14+,15-,16+. The first-order valence-electron chi connectivity index (χ1n) is 7.88. The first-order chi connectivity index (χ1) is 11.1. The third-order valence-electron chi connectivity index (χ3n) is 5.47. The van der Waals surface area contributed by atoms with Crippen LogP contribution in [0.5, 0.6) is 0 Å². The summed E-state index contributed by atoms with van der Waals surface area (Å²) < 4.78 is 0. The summed E-state index contributed by atoms with van der Waals surface area (Å²) in [5.74, 6) is -0.624. The molecule has 0 unspecified atom stereocenters. The number of benzene rings is 1. The average Bonchev–Trinajstić information content (AvgIpc) is 3.23. The van der Waals surface area contributed by atoms with Gasteiger partial charge in [0.2, 0.25) is 11.8 Å². The second-order valence-corrected chi connectivity index (χ2v) is 7.99. The van der Waals surface area contributed by atoms with Gasteiger partial charge in [-0.1, -0.05) is 18.2 Å². The summed E-state index contributed by atoms with van der Waals surface area (Å²) in [4.78, 5) is 29.9. The number of nitrogens with one attached hydrogen (secondary N) is 1. The zero-order valence-electron chi connectivity index (χ0n) is 12.9. The van der Waals surface area contributed by atoms with Crippen molar-refractivity contribution in [1.29, 1.82) is 0 Å². The van der Waals surface area contributed by atoms with Gasteiger partial charge in [0.25, 0.3) is 0 Å². The lowest BCUT2D eigenvalue weighted by Gasteiger charge is -2.20. The van der Waals surface area contributed by atoms with Crippen LogP contribution in [0.2, 0.25) is 0 Å². The Labute approximate surface area is 138 Å². The molecule has 0 saturated carbocycles. The molecule has 1 aromatic heterocycles. The lowest BCUT2D eigenvalue weighted by Crippen LogP contribution is -2.34. The molecule has 0 spiro atoms. The van der Waals surface area contributed by atoms with Gasteiger partial charge in [-0.15, -0.1) is 11.3 Å². The van der Waals surface area contributed by atoms with Gasteiger partial charge in [0.05, 0.1) is 17.5 Å². The van der Waals surface area contributed by atoms with Crippen LogP contribution in [-0.4, -0.2) is 11.8 Å². The molecule has 2 bridgehead atoms. The summed E-state index contributed by atoms with van der Waals surface area (Å²) >= 11 is 1.78. The van der Waals surface area contributed by atoms with Gasteiger partial charge in [0.15, 0.2) is 0 Å². The fourth-order valence-electron chi connectivity index (χ4n) is 4.66. The number of carbonyl (C=O) groups excluding carboxylic acids is 2. The fourth-order valence-corrected chi connectivity index (χ4v) is 5.82. The molecule has 2 fully saturated rings. The molecular weight excluding hydrogens is 308 g/mol. The van der Waals surface area contributed by atoms with Crippen LogP contribution in [0.4, 0.5) is 5.69 Å². The van der Waals surface area contributed by atoms with E-state index in [0.29, 0.717) is 5.69 Å². The Kier molecular flexibility index (Phi) is 2.52. The molecule has 3 aliphatic heterocycles. The van der Waals surface area contributed by atoms with Crippen LogP contribution < -0.4 is 10.2 Å². The van der Waals surface area contributed by atoms with Crippen molar-refractivity contribution in [2.75, 3.05) is 4.90 Å². The second kappa shape index (κ2) is 4.30. The summed E-state index contributed by atoms with van der Waals surface area (Å²) in [6.45, 7) is 4.23. The maximum Gasteiger partial charge on any atom is 0.239 e. The van der Waals surface area contributed by atoms with Crippen molar-refractivity contribution in [2.45, 2.75) is 25.9 Å². The van der Waals surface area contributed by atoms with Crippen molar-refractivity contribution >= 4 is 28.8 Å². The highest BCUT2D eigenvalue weighted by Gasteiger charge is 2.64. The Morgan fingerprint density at radius 3 is 1.96 bits per heavy atom. The molecular formula is C18H16N2O2S. The van der Waals surface area contributed by atoms with Gasteiger partial charge >= 0.3 is 0 Å². The number of para-hydroxylation sites is 1. The number of carbonyl (C=O) groups is 2. The van der Waals surface area contributed by atoms with Crippen molar-refractivity contribution in [3.05, 3.63) is 51.2 Å². The lowest BCUT2D eigenvalue weighted by atomic mass is 9.77. The van der Waals surface area contributed by atoms with Gasteiger partial charge in [0.1, 0.15) is 0 Å². The van der Waals surface area contributed by atoms with E-state index in [1.54, 1.807) is 11.3 Å². The van der Waals surface area contributed by atoms with Crippen molar-refractivity contribution in [2.24, 2.45) is 11.8 Å². The number of aryl methyl sites for hydroxylation is 2. The minimum Gasteiger partial charge on any atom is -0.301 e. The third-order valence-corrected chi connectivity index (χ3v) is 6.52. The van der Waals surface area contributed by atoms with Crippen molar-refractivity contribution in [1.82, 2.24) is 5.32 Å². The van der Waals surface area contributed by atoms with Crippen molar-refractivity contribution in [3.8, 4) is 0 Å². The Bertz CT molecular complexity index is 809. The van der Waals surface area contributed by atoms with Gasteiger partial charge in [-0.05, 0) is 37.1 Å². The quantitative estimate of drug-likeness (QED) is 0.821. The molecule has 3 aliphatic rings. The maximum absolute atomic E-state index is 13.0. The predicted octanol–water partition coefficient (Wildman–Crippen LogP) is 2.87. The van der Waals surface area contributed by atoms with E-state index in [0.717, 1.165) is 0 Å². The molecule has 4 atom stereocenters. The molecule has 4 nitrogen and oxygen atoms in total. The number of hydrogen-bond donors (Lipinski definition) is 1. The molecule has 4 heterocycles. The van der Waals surface area contributed by atoms with Crippen LogP contribution in [0, 0.1) is 25.7 Å². The van der Waals surface area contributed by atoms with Crippen LogP contribution in [0.25, 0.3) is 0 Å². The highest BCUT2D eigenvalue weighted by Crippen LogP contribution is 2.59. The molecule has 116 valence electrons. The van der Waals surface area contributed by atoms with Crippen molar-refractivity contribution in [3.63, 3.8) is 0 Å². The van der Waals surface area contributed by atoms with E-state index in [4.69, 9.17) is 0 Å². The van der Waals surface area contributed by atoms with Crippen LogP contribution in [-0.2, 0) is 9.59 Å². The number of rotatable bonds is 1. The van der Waals surface area contributed by atoms with E-state index in [9.17, 15) is 9.59 Å². The number of nitrogens with zero attached hydrogens (tertiary/aromatic N) is 1. The van der Waals surface area contributed by atoms with E-state index >= 15 is 0 Å². The summed E-state index contributed by atoms with van der Waals surface area (Å²) in [7, 11) is 0. The van der Waals surface area contributed by atoms with Crippen LogP contribution in [0.1, 0.15) is 33.0 Å². The summed E-state index contributed by atoms with van der Waals surface area (Å²) in [6.07, 6.45) is 0. The highest BCUT2D eigenvalue weighted by atomic mass is 32.1. The largest absolute Gasteiger partial charge is 0.301 e. The highest BCUT2D eigenvalue weighted by molar-refractivity contribution is 7.12. The average molecular weight is 324 g/mol. The van der Waals surface area contributed by atoms with E-state index in [1.807, 2.05) is 30.3 Å². The molecule has 0 aliphatic carbocycles. The molecule has 5 heteroatoms. The van der Waals surface area contributed by atoms with Crippen LogP contribution >= 0.6 is 11.3 Å². The predicted molar refractivity (Wildman–Crippen MR) is 88.3 cm³/mol. The molecule has 1 N–H and O–H groups in total. The topological polar surface area (TPSA) is 49.4 Å². The Morgan fingerprint density at radius 2 is 1.43 bits per heavy atom. The monoisotopic (exact) mass is 324 g/mol. The van der Waals surface area contributed by atoms with E-state index in [2.05, 4.69) is 19.2 Å². The maximum atomic E-state index is 13.0. The van der Waals surface area contributed by atoms with Crippen LogP contribution in [0.15, 0.2) is 30.3 Å². The van der Waals surface area contributed by atoms with Crippen LogP contribution in [0.3, 0.4) is 0 Å². The Hall–Kier alpha value is -1.98. The first-order valence-corrected chi connectivity index (χ1v) is 8.70. The SMILES string of the molecule is Cc1sc(C)c2c1[C@H]1N[C@@H]2[C@H]2C(=O)N(c3ccccc3)C(=O)[C@H]21. The summed E-state index contributed by atoms with van der Waals surface area (Å²) in [5.41, 5.74) is 3.23. The number of imide groups is 1. The second-order valence-electron chi connectivity index (χ2n) is 6.56. The van der Waals surface area contributed by atoms with Crippen molar-refractivity contribution < 1.29 is 9.59 Å². The first kappa shape index (κ1) is 13.5. The minimum atomic E-state index is -0.257. The van der Waals surface area contributed by atoms with Gasteiger partial charge < -0.3 is 5.32 Å². The lowest BCUT2D eigenvalue weighted by molar-refractivity contribution is -0.123. The fraction of sp³-hybridized carbons (Fsp3) is 0.333. The smallest absolute Gasteiger partial charge is 0.239 e. The van der Waals surface area contributed by atoms with E-state index in [1.165, 1.54) is 25.8 Å². The van der Waals surface area contributed by atoms with E-state index in [-0.39, 0.29) is 35.7 Å². The number of anilines is 1. The molecule has 0 radical (unpaired) electrons. The summed E-state index contributed by atoms with van der Waals surface area (Å²) in [6, 6.07) is 9.27. The molecule has 2 amide bonds. The van der Waals surface area contributed by atoms with Gasteiger partial charge in [0, 0.05) is 21.8 Å². The molecule has 1 aromatic carbocycles. The molecule has 5 rings (SSSR count). The van der Waals surface area contributed by atoms with Gasteiger partial charge in [-0.25, -0.2) is 4.90 Å². The number of amides is 2. The molecule has 2 saturated heterocycles. The minimum absolute atomic E-state index is 0.00453. The third kappa shape index (κ3) is 1.49. The Balaban J connectivity index is 1.63. The Morgan fingerprint density at radius 1 is 0.913 bits per heavy atom. The van der Waals surface area contributed by atoms with Gasteiger partial charge in [-0.2, -0.15) is 0 Å². The number of thiophene rings is 1. The normalized spacial score (nSPS) is 31.0. The number of hydrogen-bond acceptors (Lipinski definition) is 4.